The van der Waals surface area contributed by atoms with Crippen LogP contribution >= 0.6 is 0 Å². The molecule has 3 aromatic carbocycles. The molecule has 1 atom stereocenters. The standard InChI is InChI=1S/C26H27NO3/c1-2-17-30-25-16-10-9-15-22(25)19-24(28)23(18-20-11-5-3-6-12-20)27-26(29)21-13-7-4-8-14-21/h3-16,23H,2,17-19H2,1H3,(H,27,29). The number of carbonyl (C=O) groups excluding carboxylic acids is 2. The molecule has 0 fully saturated rings. The first-order chi connectivity index (χ1) is 14.7. The third kappa shape index (κ3) is 6.05. The molecule has 154 valence electrons. The first kappa shape index (κ1) is 21.3. The van der Waals surface area contributed by atoms with Crippen molar-refractivity contribution < 1.29 is 14.3 Å². The first-order valence-corrected chi connectivity index (χ1v) is 10.3. The zero-order valence-corrected chi connectivity index (χ0v) is 17.2. The zero-order valence-electron chi connectivity index (χ0n) is 17.2. The summed E-state index contributed by atoms with van der Waals surface area (Å²) in [5, 5.41) is 2.94. The van der Waals surface area contributed by atoms with Crippen LogP contribution in [0.3, 0.4) is 0 Å². The molecule has 0 spiro atoms. The Morgan fingerprint density at radius 2 is 1.50 bits per heavy atom. The van der Waals surface area contributed by atoms with Crippen molar-refractivity contribution in [3.8, 4) is 5.75 Å². The van der Waals surface area contributed by atoms with Crippen molar-refractivity contribution in [1.29, 1.82) is 0 Å². The van der Waals surface area contributed by atoms with Gasteiger partial charge in [-0.05, 0) is 36.6 Å². The molecule has 4 nitrogen and oxygen atoms in total. The molecule has 0 aliphatic carbocycles. The van der Waals surface area contributed by atoms with Crippen molar-refractivity contribution in [2.24, 2.45) is 0 Å². The summed E-state index contributed by atoms with van der Waals surface area (Å²) in [7, 11) is 0. The fraction of sp³-hybridized carbons (Fsp3) is 0.231. The van der Waals surface area contributed by atoms with Crippen LogP contribution in [-0.2, 0) is 17.6 Å². The largest absolute Gasteiger partial charge is 0.493 e. The van der Waals surface area contributed by atoms with Crippen LogP contribution in [0.4, 0.5) is 0 Å². The van der Waals surface area contributed by atoms with Gasteiger partial charge in [-0.1, -0.05) is 73.7 Å². The average Bonchev–Trinajstić information content (AvgIpc) is 2.79. The van der Waals surface area contributed by atoms with E-state index in [0.29, 0.717) is 18.6 Å². The Morgan fingerprint density at radius 1 is 0.867 bits per heavy atom. The summed E-state index contributed by atoms with van der Waals surface area (Å²) in [5.41, 5.74) is 2.37. The lowest BCUT2D eigenvalue weighted by Crippen LogP contribution is -2.43. The van der Waals surface area contributed by atoms with Gasteiger partial charge in [0.15, 0.2) is 5.78 Å². The predicted molar refractivity (Wildman–Crippen MR) is 119 cm³/mol. The lowest BCUT2D eigenvalue weighted by Gasteiger charge is -2.19. The minimum atomic E-state index is -0.626. The topological polar surface area (TPSA) is 55.4 Å². The minimum absolute atomic E-state index is 0.0457. The SMILES string of the molecule is CCCOc1ccccc1CC(=O)C(Cc1ccccc1)NC(=O)c1ccccc1. The number of benzene rings is 3. The second kappa shape index (κ2) is 11.0. The van der Waals surface area contributed by atoms with Gasteiger partial charge in [-0.3, -0.25) is 9.59 Å². The lowest BCUT2D eigenvalue weighted by atomic mass is 9.97. The summed E-state index contributed by atoms with van der Waals surface area (Å²) in [6.07, 6.45) is 1.54. The van der Waals surface area contributed by atoms with Crippen molar-refractivity contribution >= 4 is 11.7 Å². The highest BCUT2D eigenvalue weighted by Gasteiger charge is 2.23. The molecule has 0 aliphatic rings. The van der Waals surface area contributed by atoms with E-state index in [4.69, 9.17) is 4.74 Å². The molecule has 0 radical (unpaired) electrons. The van der Waals surface area contributed by atoms with Crippen LogP contribution in [0.2, 0.25) is 0 Å². The Balaban J connectivity index is 1.79. The second-order valence-corrected chi connectivity index (χ2v) is 7.18. The van der Waals surface area contributed by atoms with E-state index in [2.05, 4.69) is 5.32 Å². The van der Waals surface area contributed by atoms with Crippen molar-refractivity contribution in [2.75, 3.05) is 6.61 Å². The Kier molecular flexibility index (Phi) is 7.78. The molecular formula is C26H27NO3. The number of ketones is 1. The molecule has 3 aromatic rings. The molecule has 0 bridgehead atoms. The number of rotatable bonds is 10. The number of amides is 1. The van der Waals surface area contributed by atoms with Crippen LogP contribution in [0.1, 0.15) is 34.8 Å². The summed E-state index contributed by atoms with van der Waals surface area (Å²) in [6.45, 7) is 2.65. The van der Waals surface area contributed by atoms with E-state index in [-0.39, 0.29) is 18.1 Å². The van der Waals surface area contributed by atoms with Crippen LogP contribution in [0, 0.1) is 0 Å². The molecular weight excluding hydrogens is 374 g/mol. The second-order valence-electron chi connectivity index (χ2n) is 7.18. The Morgan fingerprint density at radius 3 is 2.20 bits per heavy atom. The highest BCUT2D eigenvalue weighted by atomic mass is 16.5. The minimum Gasteiger partial charge on any atom is -0.493 e. The smallest absolute Gasteiger partial charge is 0.251 e. The molecule has 0 saturated heterocycles. The summed E-state index contributed by atoms with van der Waals surface area (Å²) >= 11 is 0. The highest BCUT2D eigenvalue weighted by molar-refractivity contribution is 5.98. The predicted octanol–water partition coefficient (Wildman–Crippen LogP) is 4.63. The summed E-state index contributed by atoms with van der Waals surface area (Å²) in [4.78, 5) is 26.0. The number of carbonyl (C=O) groups is 2. The van der Waals surface area contributed by atoms with Gasteiger partial charge in [0.25, 0.3) is 5.91 Å². The normalized spacial score (nSPS) is 11.5. The van der Waals surface area contributed by atoms with Crippen LogP contribution in [0.15, 0.2) is 84.9 Å². The van der Waals surface area contributed by atoms with Gasteiger partial charge in [-0.25, -0.2) is 0 Å². The Bertz CT molecular complexity index is 954. The molecule has 1 unspecified atom stereocenters. The van der Waals surface area contributed by atoms with Crippen LogP contribution in [0.25, 0.3) is 0 Å². The number of Topliss-reactive ketones (excluding diaryl/α,β-unsaturated/α-hetero) is 1. The number of hydrogen-bond donors (Lipinski definition) is 1. The van der Waals surface area contributed by atoms with Gasteiger partial charge < -0.3 is 10.1 Å². The fourth-order valence-corrected chi connectivity index (χ4v) is 3.24. The molecule has 0 aromatic heterocycles. The van der Waals surface area contributed by atoms with E-state index in [9.17, 15) is 9.59 Å². The number of ether oxygens (including phenoxy) is 1. The van der Waals surface area contributed by atoms with E-state index in [0.717, 1.165) is 23.3 Å². The molecule has 0 heterocycles. The number of nitrogens with one attached hydrogen (secondary N) is 1. The average molecular weight is 402 g/mol. The molecule has 1 amide bonds. The van der Waals surface area contributed by atoms with Crippen molar-refractivity contribution in [3.05, 3.63) is 102 Å². The van der Waals surface area contributed by atoms with Gasteiger partial charge in [0, 0.05) is 17.5 Å². The molecule has 4 heteroatoms. The van der Waals surface area contributed by atoms with Crippen LogP contribution in [-0.4, -0.2) is 24.3 Å². The van der Waals surface area contributed by atoms with E-state index in [1.54, 1.807) is 12.1 Å². The lowest BCUT2D eigenvalue weighted by molar-refractivity contribution is -0.120. The third-order valence-electron chi connectivity index (χ3n) is 4.81. The fourth-order valence-electron chi connectivity index (χ4n) is 3.24. The van der Waals surface area contributed by atoms with Gasteiger partial charge in [0.2, 0.25) is 0 Å². The molecule has 3 rings (SSSR count). The van der Waals surface area contributed by atoms with Gasteiger partial charge >= 0.3 is 0 Å². The molecule has 1 N–H and O–H groups in total. The van der Waals surface area contributed by atoms with Crippen molar-refractivity contribution in [3.63, 3.8) is 0 Å². The van der Waals surface area contributed by atoms with Crippen molar-refractivity contribution in [1.82, 2.24) is 5.32 Å². The Labute approximate surface area is 177 Å². The van der Waals surface area contributed by atoms with E-state index < -0.39 is 6.04 Å². The summed E-state index contributed by atoms with van der Waals surface area (Å²) in [5.74, 6) is 0.427. The van der Waals surface area contributed by atoms with E-state index in [1.165, 1.54) is 0 Å². The molecule has 0 saturated carbocycles. The first-order valence-electron chi connectivity index (χ1n) is 10.3. The quantitative estimate of drug-likeness (QED) is 0.539. The zero-order chi connectivity index (χ0) is 21.2. The number of para-hydroxylation sites is 1. The maximum absolute atomic E-state index is 13.2. The monoisotopic (exact) mass is 401 g/mol. The summed E-state index contributed by atoms with van der Waals surface area (Å²) in [6, 6.07) is 25.7. The highest BCUT2D eigenvalue weighted by Crippen LogP contribution is 2.20. The van der Waals surface area contributed by atoms with Gasteiger partial charge in [-0.15, -0.1) is 0 Å². The van der Waals surface area contributed by atoms with Gasteiger partial charge in [0.05, 0.1) is 12.6 Å². The van der Waals surface area contributed by atoms with E-state index in [1.807, 2.05) is 79.7 Å². The van der Waals surface area contributed by atoms with Crippen LogP contribution < -0.4 is 10.1 Å². The van der Waals surface area contributed by atoms with Crippen molar-refractivity contribution in [2.45, 2.75) is 32.2 Å². The maximum atomic E-state index is 13.2. The van der Waals surface area contributed by atoms with Crippen LogP contribution in [0.5, 0.6) is 5.75 Å². The van der Waals surface area contributed by atoms with Gasteiger partial charge in [-0.2, -0.15) is 0 Å². The summed E-state index contributed by atoms with van der Waals surface area (Å²) < 4.78 is 5.80. The Hall–Kier alpha value is -3.40. The molecule has 0 aliphatic heterocycles. The third-order valence-corrected chi connectivity index (χ3v) is 4.81. The van der Waals surface area contributed by atoms with E-state index >= 15 is 0 Å². The number of hydrogen-bond acceptors (Lipinski definition) is 3. The molecule has 30 heavy (non-hydrogen) atoms. The maximum Gasteiger partial charge on any atom is 0.251 e. The van der Waals surface area contributed by atoms with Gasteiger partial charge in [0.1, 0.15) is 5.75 Å².